The Bertz CT molecular complexity index is 1000. The molecule has 2 aromatic carbocycles. The average Bonchev–Trinajstić information content (AvgIpc) is 3.31. The van der Waals surface area contributed by atoms with Crippen molar-refractivity contribution < 1.29 is 9.59 Å². The number of aromatic nitrogens is 2. The smallest absolute Gasteiger partial charge is 0.254 e. The van der Waals surface area contributed by atoms with Crippen LogP contribution in [0.2, 0.25) is 0 Å². The lowest BCUT2D eigenvalue weighted by atomic mass is 10.1. The van der Waals surface area contributed by atoms with Gasteiger partial charge in [0.1, 0.15) is 5.82 Å². The van der Waals surface area contributed by atoms with Crippen molar-refractivity contribution in [1.82, 2.24) is 14.5 Å². The predicted octanol–water partition coefficient (Wildman–Crippen LogP) is 4.24. The van der Waals surface area contributed by atoms with E-state index in [2.05, 4.69) is 17.6 Å². The van der Waals surface area contributed by atoms with Gasteiger partial charge in [-0.3, -0.25) is 9.59 Å². The summed E-state index contributed by atoms with van der Waals surface area (Å²) in [4.78, 5) is 31.4. The van der Waals surface area contributed by atoms with Crippen LogP contribution in [0.4, 0.5) is 0 Å². The van der Waals surface area contributed by atoms with Gasteiger partial charge >= 0.3 is 0 Å². The first-order valence-corrected chi connectivity index (χ1v) is 9.47. The first kappa shape index (κ1) is 17.5. The third kappa shape index (κ3) is 3.03. The van der Waals surface area contributed by atoms with Gasteiger partial charge in [0.15, 0.2) is 5.78 Å². The minimum absolute atomic E-state index is 0.00214. The summed E-state index contributed by atoms with van der Waals surface area (Å²) in [5, 5.41) is 0. The highest BCUT2D eigenvalue weighted by atomic mass is 16.2. The summed E-state index contributed by atoms with van der Waals surface area (Å²) in [6.45, 7) is 5.19. The molecule has 0 aliphatic carbocycles. The fourth-order valence-electron chi connectivity index (χ4n) is 3.97. The molecule has 1 fully saturated rings. The van der Waals surface area contributed by atoms with Gasteiger partial charge < -0.3 is 9.47 Å². The van der Waals surface area contributed by atoms with Gasteiger partial charge in [-0.25, -0.2) is 4.98 Å². The highest BCUT2D eigenvalue weighted by molar-refractivity contribution is 5.98. The minimum Gasteiger partial charge on any atom is -0.328 e. The molecule has 0 spiro atoms. The standard InChI is InChI=1S/C22H23N3O2/c1-3-24-19-8-5-4-7-18(19)23-21(24)20-9-6-14-25(20)22(27)17-12-10-16(11-13-17)15(2)26/h4-5,7-8,10-13,20H,3,6,9,14H2,1-2H3. The molecule has 1 atom stereocenters. The number of nitrogens with zero attached hydrogens (tertiary/aromatic N) is 3. The first-order chi connectivity index (χ1) is 13.1. The number of fused-ring (bicyclic) bond motifs is 1. The predicted molar refractivity (Wildman–Crippen MR) is 105 cm³/mol. The van der Waals surface area contributed by atoms with E-state index in [4.69, 9.17) is 4.98 Å². The van der Waals surface area contributed by atoms with Crippen molar-refractivity contribution in [2.24, 2.45) is 0 Å². The van der Waals surface area contributed by atoms with Crippen LogP contribution in [0.5, 0.6) is 0 Å². The molecule has 3 aromatic rings. The Morgan fingerprint density at radius 1 is 1.07 bits per heavy atom. The Kier molecular flexibility index (Phi) is 4.52. The molecule has 0 radical (unpaired) electrons. The number of hydrogen-bond donors (Lipinski definition) is 0. The number of amides is 1. The van der Waals surface area contributed by atoms with Crippen LogP contribution in [0, 0.1) is 0 Å². The van der Waals surface area contributed by atoms with Crippen LogP contribution in [-0.2, 0) is 6.54 Å². The molecule has 0 N–H and O–H groups in total. The van der Waals surface area contributed by atoms with E-state index in [0.29, 0.717) is 11.1 Å². The third-order valence-corrected chi connectivity index (χ3v) is 5.35. The number of ketones is 1. The molecule has 1 aromatic heterocycles. The Balaban J connectivity index is 1.68. The largest absolute Gasteiger partial charge is 0.328 e. The molecule has 1 unspecified atom stereocenters. The van der Waals surface area contributed by atoms with Crippen molar-refractivity contribution in [1.29, 1.82) is 0 Å². The molecule has 4 rings (SSSR count). The molecule has 1 aliphatic heterocycles. The van der Waals surface area contributed by atoms with Crippen LogP contribution in [0.3, 0.4) is 0 Å². The molecule has 27 heavy (non-hydrogen) atoms. The average molecular weight is 361 g/mol. The number of imidazole rings is 1. The quantitative estimate of drug-likeness (QED) is 0.653. The maximum Gasteiger partial charge on any atom is 0.254 e. The Hall–Kier alpha value is -2.95. The highest BCUT2D eigenvalue weighted by Crippen LogP contribution is 2.34. The monoisotopic (exact) mass is 361 g/mol. The summed E-state index contributed by atoms with van der Waals surface area (Å²) in [7, 11) is 0. The normalized spacial score (nSPS) is 16.8. The van der Waals surface area contributed by atoms with Gasteiger partial charge in [-0.2, -0.15) is 0 Å². The van der Waals surface area contributed by atoms with E-state index >= 15 is 0 Å². The molecule has 5 nitrogen and oxygen atoms in total. The van der Waals surface area contributed by atoms with E-state index in [9.17, 15) is 9.59 Å². The van der Waals surface area contributed by atoms with Crippen molar-refractivity contribution in [3.05, 3.63) is 65.5 Å². The van der Waals surface area contributed by atoms with Crippen molar-refractivity contribution in [3.63, 3.8) is 0 Å². The van der Waals surface area contributed by atoms with E-state index in [-0.39, 0.29) is 17.7 Å². The SMILES string of the molecule is CCn1c(C2CCCN2C(=O)c2ccc(C(C)=O)cc2)nc2ccccc21. The van der Waals surface area contributed by atoms with Crippen LogP contribution < -0.4 is 0 Å². The lowest BCUT2D eigenvalue weighted by Crippen LogP contribution is -2.32. The second-order valence-electron chi connectivity index (χ2n) is 6.99. The van der Waals surface area contributed by atoms with E-state index in [1.54, 1.807) is 24.3 Å². The molecule has 0 bridgehead atoms. The van der Waals surface area contributed by atoms with Crippen LogP contribution >= 0.6 is 0 Å². The van der Waals surface area contributed by atoms with Gasteiger partial charge in [-0.05, 0) is 51.0 Å². The van der Waals surface area contributed by atoms with Gasteiger partial charge in [0.05, 0.1) is 17.1 Å². The minimum atomic E-state index is -0.0164. The topological polar surface area (TPSA) is 55.2 Å². The number of aryl methyl sites for hydroxylation is 1. The van der Waals surface area contributed by atoms with E-state index < -0.39 is 0 Å². The van der Waals surface area contributed by atoms with Gasteiger partial charge in [-0.1, -0.05) is 24.3 Å². The highest BCUT2D eigenvalue weighted by Gasteiger charge is 2.34. The summed E-state index contributed by atoms with van der Waals surface area (Å²) in [5.74, 6) is 0.969. The maximum absolute atomic E-state index is 13.1. The third-order valence-electron chi connectivity index (χ3n) is 5.35. The molecule has 1 saturated heterocycles. The van der Waals surface area contributed by atoms with Gasteiger partial charge in [0.25, 0.3) is 5.91 Å². The number of Topliss-reactive ketones (excluding diaryl/α,β-unsaturated/α-hetero) is 1. The number of carbonyl (C=O) groups is 2. The molecule has 1 amide bonds. The summed E-state index contributed by atoms with van der Waals surface area (Å²) in [5.41, 5.74) is 3.32. The fraction of sp³-hybridized carbons (Fsp3) is 0.318. The number of benzene rings is 2. The molecule has 2 heterocycles. The van der Waals surface area contributed by atoms with Crippen molar-refractivity contribution >= 4 is 22.7 Å². The van der Waals surface area contributed by atoms with Crippen molar-refractivity contribution in [2.75, 3.05) is 6.54 Å². The molecular formula is C22H23N3O2. The Morgan fingerprint density at radius 3 is 2.48 bits per heavy atom. The molecule has 1 aliphatic rings. The van der Waals surface area contributed by atoms with E-state index in [1.165, 1.54) is 6.92 Å². The molecule has 138 valence electrons. The summed E-state index contributed by atoms with van der Waals surface area (Å²) >= 11 is 0. The lowest BCUT2D eigenvalue weighted by molar-refractivity contribution is 0.0727. The number of likely N-dealkylation sites (tertiary alicyclic amines) is 1. The zero-order chi connectivity index (χ0) is 19.0. The zero-order valence-corrected chi connectivity index (χ0v) is 15.7. The van der Waals surface area contributed by atoms with Crippen LogP contribution in [-0.4, -0.2) is 32.7 Å². The number of hydrogen-bond acceptors (Lipinski definition) is 3. The Morgan fingerprint density at radius 2 is 1.78 bits per heavy atom. The number of carbonyl (C=O) groups excluding carboxylic acids is 2. The lowest BCUT2D eigenvalue weighted by Gasteiger charge is -2.25. The maximum atomic E-state index is 13.1. The fourth-order valence-corrected chi connectivity index (χ4v) is 3.97. The summed E-state index contributed by atoms with van der Waals surface area (Å²) in [6, 6.07) is 15.0. The van der Waals surface area contributed by atoms with Gasteiger partial charge in [0.2, 0.25) is 0 Å². The summed E-state index contributed by atoms with van der Waals surface area (Å²) in [6.07, 6.45) is 1.88. The van der Waals surface area contributed by atoms with Crippen molar-refractivity contribution in [2.45, 2.75) is 39.3 Å². The number of rotatable bonds is 4. The van der Waals surface area contributed by atoms with Crippen LogP contribution in [0.15, 0.2) is 48.5 Å². The molecule has 5 heteroatoms. The second kappa shape index (κ2) is 6.99. The number of para-hydroxylation sites is 2. The molecule has 0 saturated carbocycles. The molecular weight excluding hydrogens is 338 g/mol. The Labute approximate surface area is 158 Å². The van der Waals surface area contributed by atoms with Crippen LogP contribution in [0.25, 0.3) is 11.0 Å². The first-order valence-electron chi connectivity index (χ1n) is 9.47. The second-order valence-corrected chi connectivity index (χ2v) is 6.99. The van der Waals surface area contributed by atoms with Crippen LogP contribution in [0.1, 0.15) is 59.3 Å². The van der Waals surface area contributed by atoms with E-state index in [0.717, 1.165) is 42.8 Å². The zero-order valence-electron chi connectivity index (χ0n) is 15.7. The van der Waals surface area contributed by atoms with Gasteiger partial charge in [-0.15, -0.1) is 0 Å². The van der Waals surface area contributed by atoms with Gasteiger partial charge in [0, 0.05) is 24.2 Å². The van der Waals surface area contributed by atoms with Crippen molar-refractivity contribution in [3.8, 4) is 0 Å². The summed E-state index contributed by atoms with van der Waals surface area (Å²) < 4.78 is 2.21. The van der Waals surface area contributed by atoms with E-state index in [1.807, 2.05) is 23.1 Å².